The summed E-state index contributed by atoms with van der Waals surface area (Å²) in [7, 11) is 0.878. The van der Waals surface area contributed by atoms with E-state index in [2.05, 4.69) is 5.32 Å². The molecule has 1 heterocycles. The van der Waals surface area contributed by atoms with Gasteiger partial charge in [0.2, 0.25) is 21.7 Å². The van der Waals surface area contributed by atoms with Gasteiger partial charge in [-0.3, -0.25) is 4.79 Å². The first-order chi connectivity index (χ1) is 12.8. The minimum absolute atomic E-state index is 0.0733. The number of carbonyl (C=O) groups is 1. The highest BCUT2D eigenvalue weighted by Crippen LogP contribution is 2.38. The van der Waals surface area contributed by atoms with Crippen LogP contribution in [0, 0.1) is 0 Å². The highest BCUT2D eigenvalue weighted by Gasteiger charge is 2.14. The number of primary sulfonamides is 1. The van der Waals surface area contributed by atoms with Crippen LogP contribution in [0.4, 0.5) is 0 Å². The number of benzene rings is 1. The van der Waals surface area contributed by atoms with Gasteiger partial charge in [0, 0.05) is 11.3 Å². The van der Waals surface area contributed by atoms with Crippen LogP contribution in [-0.2, 0) is 27.8 Å². The lowest BCUT2D eigenvalue weighted by Gasteiger charge is -2.14. The van der Waals surface area contributed by atoms with Gasteiger partial charge >= 0.3 is 0 Å². The largest absolute Gasteiger partial charge is 0.493 e. The van der Waals surface area contributed by atoms with Crippen molar-refractivity contribution in [1.29, 1.82) is 0 Å². The Kier molecular flexibility index (Phi) is 7.05. The minimum Gasteiger partial charge on any atom is -0.493 e. The van der Waals surface area contributed by atoms with E-state index in [1.54, 1.807) is 18.2 Å². The van der Waals surface area contributed by atoms with Crippen LogP contribution in [0.5, 0.6) is 17.2 Å². The van der Waals surface area contributed by atoms with Crippen molar-refractivity contribution in [2.45, 2.75) is 23.6 Å². The number of nitrogens with one attached hydrogen (secondary N) is 1. The number of hydrogen-bond donors (Lipinski definition) is 2. The summed E-state index contributed by atoms with van der Waals surface area (Å²) >= 11 is 1.04. The molecular weight excluding hydrogens is 392 g/mol. The average Bonchev–Trinajstić information content (AvgIpc) is 3.13. The van der Waals surface area contributed by atoms with E-state index >= 15 is 0 Å². The molecule has 0 aliphatic heterocycles. The molecule has 3 N–H and O–H groups in total. The van der Waals surface area contributed by atoms with Gasteiger partial charge in [-0.25, -0.2) is 13.6 Å². The lowest BCUT2D eigenvalue weighted by atomic mass is 10.1. The van der Waals surface area contributed by atoms with E-state index in [9.17, 15) is 13.2 Å². The van der Waals surface area contributed by atoms with Crippen molar-refractivity contribution in [3.8, 4) is 17.2 Å². The average molecular weight is 415 g/mol. The number of hydrogen-bond acceptors (Lipinski definition) is 7. The number of amides is 1. The highest BCUT2D eigenvalue weighted by atomic mass is 32.2. The lowest BCUT2D eigenvalue weighted by molar-refractivity contribution is -0.121. The fourth-order valence-corrected chi connectivity index (χ4v) is 4.14. The Balaban J connectivity index is 1.94. The second-order valence-corrected chi connectivity index (χ2v) is 8.53. The molecule has 0 atom stereocenters. The second-order valence-electron chi connectivity index (χ2n) is 5.58. The van der Waals surface area contributed by atoms with E-state index in [0.29, 0.717) is 28.5 Å². The summed E-state index contributed by atoms with van der Waals surface area (Å²) in [5.41, 5.74) is 0.868. The Morgan fingerprint density at radius 3 is 2.22 bits per heavy atom. The molecular formula is C17H22N2O6S2. The Morgan fingerprint density at radius 1 is 1.11 bits per heavy atom. The van der Waals surface area contributed by atoms with Crippen LogP contribution < -0.4 is 24.7 Å². The van der Waals surface area contributed by atoms with E-state index in [1.165, 1.54) is 27.4 Å². The SMILES string of the molecule is COc1cc(CCC(=O)NCc2ccc(S(N)(=O)=O)s2)cc(OC)c1OC. The summed E-state index contributed by atoms with van der Waals surface area (Å²) in [5.74, 6) is 1.40. The van der Waals surface area contributed by atoms with Crippen molar-refractivity contribution >= 4 is 27.3 Å². The van der Waals surface area contributed by atoms with Crippen molar-refractivity contribution in [2.75, 3.05) is 21.3 Å². The third-order valence-electron chi connectivity index (χ3n) is 3.74. The summed E-state index contributed by atoms with van der Waals surface area (Å²) in [6.07, 6.45) is 0.738. The van der Waals surface area contributed by atoms with E-state index < -0.39 is 10.0 Å². The number of aryl methyl sites for hydroxylation is 1. The fraction of sp³-hybridized carbons (Fsp3) is 0.353. The predicted octanol–water partition coefficient (Wildman–Crippen LogP) is 1.67. The molecule has 1 amide bonds. The number of carbonyl (C=O) groups excluding carboxylic acids is 1. The monoisotopic (exact) mass is 414 g/mol. The van der Waals surface area contributed by atoms with Crippen LogP contribution in [0.15, 0.2) is 28.5 Å². The van der Waals surface area contributed by atoms with Gasteiger partial charge in [-0.1, -0.05) is 0 Å². The van der Waals surface area contributed by atoms with Gasteiger partial charge in [0.25, 0.3) is 0 Å². The molecule has 27 heavy (non-hydrogen) atoms. The topological polar surface area (TPSA) is 117 Å². The summed E-state index contributed by atoms with van der Waals surface area (Å²) in [4.78, 5) is 12.8. The van der Waals surface area contributed by atoms with Crippen molar-refractivity contribution in [2.24, 2.45) is 5.14 Å². The summed E-state index contributed by atoms with van der Waals surface area (Å²) in [5, 5.41) is 7.83. The van der Waals surface area contributed by atoms with Gasteiger partial charge in [-0.15, -0.1) is 11.3 Å². The van der Waals surface area contributed by atoms with Crippen molar-refractivity contribution in [1.82, 2.24) is 5.32 Å². The van der Waals surface area contributed by atoms with E-state index in [1.807, 2.05) is 0 Å². The van der Waals surface area contributed by atoms with Crippen LogP contribution in [0.2, 0.25) is 0 Å². The van der Waals surface area contributed by atoms with E-state index in [-0.39, 0.29) is 23.1 Å². The molecule has 0 aliphatic carbocycles. The Bertz CT molecular complexity index is 883. The molecule has 1 aromatic carbocycles. The normalized spacial score (nSPS) is 11.1. The molecule has 0 saturated heterocycles. The van der Waals surface area contributed by atoms with Crippen LogP contribution in [-0.4, -0.2) is 35.7 Å². The van der Waals surface area contributed by atoms with E-state index in [0.717, 1.165) is 16.9 Å². The number of sulfonamides is 1. The Morgan fingerprint density at radius 2 is 1.74 bits per heavy atom. The van der Waals surface area contributed by atoms with Gasteiger partial charge in [0.1, 0.15) is 4.21 Å². The zero-order valence-corrected chi connectivity index (χ0v) is 16.9. The Labute approximate surface area is 162 Å². The maximum Gasteiger partial charge on any atom is 0.247 e. The third kappa shape index (κ3) is 5.59. The first-order valence-electron chi connectivity index (χ1n) is 7.95. The highest BCUT2D eigenvalue weighted by molar-refractivity contribution is 7.91. The molecule has 0 fully saturated rings. The summed E-state index contributed by atoms with van der Waals surface area (Å²) in [6.45, 7) is 0.244. The maximum atomic E-state index is 12.1. The van der Waals surface area contributed by atoms with Gasteiger partial charge in [0.05, 0.1) is 27.9 Å². The fourth-order valence-electron chi connectivity index (χ4n) is 2.42. The quantitative estimate of drug-likeness (QED) is 0.645. The van der Waals surface area contributed by atoms with Gasteiger partial charge in [0.15, 0.2) is 11.5 Å². The zero-order valence-electron chi connectivity index (χ0n) is 15.3. The van der Waals surface area contributed by atoms with Gasteiger partial charge in [-0.05, 0) is 36.2 Å². The molecule has 0 radical (unpaired) electrons. The Hall–Kier alpha value is -2.30. The summed E-state index contributed by atoms with van der Waals surface area (Å²) in [6, 6.07) is 6.65. The van der Waals surface area contributed by atoms with Gasteiger partial charge < -0.3 is 19.5 Å². The van der Waals surface area contributed by atoms with Gasteiger partial charge in [-0.2, -0.15) is 0 Å². The second kappa shape index (κ2) is 9.07. The molecule has 0 saturated carbocycles. The van der Waals surface area contributed by atoms with Crippen LogP contribution in [0.3, 0.4) is 0 Å². The number of ether oxygens (including phenoxy) is 3. The number of nitrogens with two attached hydrogens (primary N) is 1. The first kappa shape index (κ1) is 21.0. The molecule has 10 heteroatoms. The van der Waals surface area contributed by atoms with Crippen molar-refractivity contribution in [3.05, 3.63) is 34.7 Å². The molecule has 8 nitrogen and oxygen atoms in total. The van der Waals surface area contributed by atoms with Crippen molar-refractivity contribution in [3.63, 3.8) is 0 Å². The van der Waals surface area contributed by atoms with Crippen LogP contribution >= 0.6 is 11.3 Å². The standard InChI is InChI=1S/C17H22N2O6S2/c1-23-13-8-11(9-14(24-2)17(13)25-3)4-6-15(20)19-10-12-5-7-16(26-12)27(18,21)22/h5,7-9H,4,6,10H2,1-3H3,(H,19,20)(H2,18,21,22). The summed E-state index contributed by atoms with van der Waals surface area (Å²) < 4.78 is 38.5. The first-order valence-corrected chi connectivity index (χ1v) is 10.3. The number of methoxy groups -OCH3 is 3. The number of thiophene rings is 1. The van der Waals surface area contributed by atoms with Crippen LogP contribution in [0.1, 0.15) is 16.9 Å². The molecule has 148 valence electrons. The minimum atomic E-state index is -3.71. The van der Waals surface area contributed by atoms with Crippen LogP contribution in [0.25, 0.3) is 0 Å². The molecule has 0 aliphatic rings. The number of rotatable bonds is 9. The molecule has 1 aromatic heterocycles. The third-order valence-corrected chi connectivity index (χ3v) is 6.27. The molecule has 0 bridgehead atoms. The molecule has 2 rings (SSSR count). The van der Waals surface area contributed by atoms with E-state index in [4.69, 9.17) is 19.3 Å². The maximum absolute atomic E-state index is 12.1. The molecule has 2 aromatic rings. The lowest BCUT2D eigenvalue weighted by Crippen LogP contribution is -2.22. The predicted molar refractivity (Wildman–Crippen MR) is 102 cm³/mol. The van der Waals surface area contributed by atoms with Crippen molar-refractivity contribution < 1.29 is 27.4 Å². The molecule has 0 spiro atoms. The zero-order chi connectivity index (χ0) is 20.0. The smallest absolute Gasteiger partial charge is 0.247 e. The molecule has 0 unspecified atom stereocenters.